The number of carbonyl (C=O) groups is 1. The van der Waals surface area contributed by atoms with Crippen molar-refractivity contribution in [1.29, 1.82) is 0 Å². The molecule has 2 aliphatic rings. The van der Waals surface area contributed by atoms with E-state index in [0.29, 0.717) is 13.0 Å². The summed E-state index contributed by atoms with van der Waals surface area (Å²) in [5.41, 5.74) is 0. The van der Waals surface area contributed by atoms with E-state index in [2.05, 4.69) is 86.8 Å². The summed E-state index contributed by atoms with van der Waals surface area (Å²) < 4.78 is 34.5. The van der Waals surface area contributed by atoms with Gasteiger partial charge in [-0.3, -0.25) is 4.79 Å². The Morgan fingerprint density at radius 3 is 1.29 bits per heavy atom. The minimum Gasteiger partial charge on any atom is -0.457 e. The van der Waals surface area contributed by atoms with E-state index in [1.54, 1.807) is 0 Å². The van der Waals surface area contributed by atoms with Crippen molar-refractivity contribution in [3.8, 4) is 0 Å². The maximum atomic E-state index is 13.1. The predicted octanol–water partition coefficient (Wildman–Crippen LogP) is 12.2. The van der Waals surface area contributed by atoms with Crippen molar-refractivity contribution in [2.75, 3.05) is 33.0 Å². The molecule has 0 spiro atoms. The van der Waals surface area contributed by atoms with Crippen LogP contribution in [-0.2, 0) is 33.2 Å². The molecular weight excluding hydrogens is 1000 g/mol. The molecule has 79 heavy (non-hydrogen) atoms. The van der Waals surface area contributed by atoms with Gasteiger partial charge in [-0.15, -0.1) is 0 Å². The number of aliphatic hydroxyl groups is 7. The highest BCUT2D eigenvalue weighted by atomic mass is 16.7. The fraction of sp³-hybridized carbons (Fsp3) is 0.800. The summed E-state index contributed by atoms with van der Waals surface area (Å²) in [7, 11) is 0. The van der Waals surface area contributed by atoms with Gasteiger partial charge in [0.1, 0.15) is 54.9 Å². The van der Waals surface area contributed by atoms with Crippen molar-refractivity contribution < 1.29 is 69.0 Å². The minimum absolute atomic E-state index is 0.0569. The van der Waals surface area contributed by atoms with E-state index in [-0.39, 0.29) is 25.6 Å². The molecule has 11 unspecified atom stereocenters. The monoisotopic (exact) mass is 1120 g/mol. The maximum Gasteiger partial charge on any atom is 0.306 e. The lowest BCUT2D eigenvalue weighted by molar-refractivity contribution is -0.332. The summed E-state index contributed by atoms with van der Waals surface area (Å²) in [5.74, 6) is -0.379. The molecule has 0 radical (unpaired) electrons. The number of aliphatic hydroxyl groups excluding tert-OH is 7. The lowest BCUT2D eigenvalue weighted by atomic mass is 9.98. The molecule has 14 heteroatoms. The Bertz CT molecular complexity index is 1580. The smallest absolute Gasteiger partial charge is 0.306 e. The van der Waals surface area contributed by atoms with E-state index in [0.717, 1.165) is 77.0 Å². The van der Waals surface area contributed by atoms with Gasteiger partial charge in [-0.2, -0.15) is 0 Å². The van der Waals surface area contributed by atoms with E-state index >= 15 is 0 Å². The number of hydrogen-bond donors (Lipinski definition) is 7. The first kappa shape index (κ1) is 72.5. The topological polar surface area (TPSA) is 214 Å². The zero-order chi connectivity index (χ0) is 57.2. The van der Waals surface area contributed by atoms with Crippen LogP contribution in [0.25, 0.3) is 0 Å². The quantitative estimate of drug-likeness (QED) is 0.0172. The SMILES string of the molecule is CC/C=C\C/C=C\C/C=C\C/C=C\CCCCCCCCCCCCCCC(=O)OC(COCCCCCCCCCCCC/C=C\C/C=C\CCCCC)COC1OC(COC2OC(CO)C(O)C(O)C2O)C(O)C(O)C1O. The molecule has 14 nitrogen and oxygen atoms in total. The molecule has 2 aliphatic heterocycles. The molecule has 0 saturated carbocycles. The molecule has 0 aliphatic carbocycles. The Balaban J connectivity index is 1.68. The molecule has 0 aromatic carbocycles. The molecule has 0 amide bonds. The molecule has 458 valence electrons. The fourth-order valence-electron chi connectivity index (χ4n) is 9.66. The number of hydrogen-bond acceptors (Lipinski definition) is 14. The highest BCUT2D eigenvalue weighted by Crippen LogP contribution is 2.27. The van der Waals surface area contributed by atoms with Crippen molar-refractivity contribution in [3.63, 3.8) is 0 Å². The van der Waals surface area contributed by atoms with E-state index in [1.807, 2.05) is 0 Å². The van der Waals surface area contributed by atoms with Crippen molar-refractivity contribution in [3.05, 3.63) is 72.9 Å². The van der Waals surface area contributed by atoms with Gasteiger partial charge >= 0.3 is 5.97 Å². The third-order valence-corrected chi connectivity index (χ3v) is 14.7. The Hall–Kier alpha value is -2.57. The van der Waals surface area contributed by atoms with E-state index in [4.69, 9.17) is 28.4 Å². The number of carbonyl (C=O) groups excluding carboxylic acids is 1. The lowest BCUT2D eigenvalue weighted by Crippen LogP contribution is -2.61. The normalized spacial score (nSPS) is 24.5. The number of allylic oxidation sites excluding steroid dienone is 12. The van der Waals surface area contributed by atoms with Crippen LogP contribution in [0.4, 0.5) is 0 Å². The Labute approximate surface area is 478 Å². The van der Waals surface area contributed by atoms with Gasteiger partial charge in [0.25, 0.3) is 0 Å². The molecule has 2 saturated heterocycles. The predicted molar refractivity (Wildman–Crippen MR) is 316 cm³/mol. The van der Waals surface area contributed by atoms with E-state index in [9.17, 15) is 40.5 Å². The van der Waals surface area contributed by atoms with Crippen molar-refractivity contribution >= 4 is 5.97 Å². The van der Waals surface area contributed by atoms with Crippen LogP contribution in [0.15, 0.2) is 72.9 Å². The van der Waals surface area contributed by atoms with E-state index < -0.39 is 80.7 Å². The average molecular weight is 1120 g/mol. The molecule has 0 aromatic heterocycles. The van der Waals surface area contributed by atoms with Gasteiger partial charge in [0.2, 0.25) is 0 Å². The van der Waals surface area contributed by atoms with Crippen molar-refractivity contribution in [1.82, 2.24) is 0 Å². The Morgan fingerprint density at radius 1 is 0.430 bits per heavy atom. The molecule has 0 bridgehead atoms. The largest absolute Gasteiger partial charge is 0.457 e. The molecule has 0 aromatic rings. The standard InChI is InChI=1S/C65H114O14/c1-3-5-7-9-11-13-15-17-19-21-23-25-26-27-28-29-30-32-34-36-38-40-42-44-46-48-57(67)77-54(51-74-49-47-45-43-41-39-37-35-33-31-24-22-20-18-16-14-12-10-8-6-4-2)52-75-64-63(73)61(71)59(69)56(79-64)53-76-65-62(72)60(70)58(68)55(50-66)78-65/h5,7,11-14,17-20,23,25,54-56,58-66,68-73H,3-4,6,8-10,15-16,21-22,24,26-53H2,1-2H3/b7-5-,13-11-,14-12-,19-17-,20-18-,25-23-. The highest BCUT2D eigenvalue weighted by molar-refractivity contribution is 5.69. The average Bonchev–Trinajstić information content (AvgIpc) is 3.46. The van der Waals surface area contributed by atoms with Gasteiger partial charge in [0, 0.05) is 13.0 Å². The van der Waals surface area contributed by atoms with Crippen LogP contribution in [-0.4, -0.2) is 142 Å². The van der Waals surface area contributed by atoms with Crippen LogP contribution in [0.2, 0.25) is 0 Å². The van der Waals surface area contributed by atoms with Crippen LogP contribution in [0.5, 0.6) is 0 Å². The molecule has 2 fully saturated rings. The van der Waals surface area contributed by atoms with Crippen LogP contribution in [0, 0.1) is 0 Å². The maximum absolute atomic E-state index is 13.1. The van der Waals surface area contributed by atoms with Crippen LogP contribution in [0.3, 0.4) is 0 Å². The first-order chi connectivity index (χ1) is 38.6. The van der Waals surface area contributed by atoms with Gasteiger partial charge in [0.15, 0.2) is 12.6 Å². The second-order valence-corrected chi connectivity index (χ2v) is 21.8. The first-order valence-corrected chi connectivity index (χ1v) is 31.5. The zero-order valence-corrected chi connectivity index (χ0v) is 49.3. The number of rotatable bonds is 51. The summed E-state index contributed by atoms with van der Waals surface area (Å²) in [6, 6.07) is 0. The molecule has 2 rings (SSSR count). The van der Waals surface area contributed by atoms with Gasteiger partial charge in [-0.1, -0.05) is 215 Å². The third-order valence-electron chi connectivity index (χ3n) is 14.7. The molecule has 2 heterocycles. The van der Waals surface area contributed by atoms with Gasteiger partial charge in [-0.05, 0) is 83.5 Å². The summed E-state index contributed by atoms with van der Waals surface area (Å²) in [5, 5.41) is 72.5. The summed E-state index contributed by atoms with van der Waals surface area (Å²) >= 11 is 0. The van der Waals surface area contributed by atoms with Gasteiger partial charge in [-0.25, -0.2) is 0 Å². The summed E-state index contributed by atoms with van der Waals surface area (Å²) in [4.78, 5) is 13.1. The summed E-state index contributed by atoms with van der Waals surface area (Å²) in [6.45, 7) is 3.57. The lowest BCUT2D eigenvalue weighted by Gasteiger charge is -2.42. The summed E-state index contributed by atoms with van der Waals surface area (Å²) in [6.07, 6.45) is 49.6. The Kier molecular flexibility index (Phi) is 46.9. The molecule has 7 N–H and O–H groups in total. The zero-order valence-electron chi connectivity index (χ0n) is 49.3. The Morgan fingerprint density at radius 2 is 0.823 bits per heavy atom. The third kappa shape index (κ3) is 37.3. The highest BCUT2D eigenvalue weighted by Gasteiger charge is 2.47. The van der Waals surface area contributed by atoms with Crippen molar-refractivity contribution in [2.45, 2.75) is 300 Å². The number of unbranched alkanes of at least 4 members (excludes halogenated alkanes) is 25. The fourth-order valence-corrected chi connectivity index (χ4v) is 9.66. The van der Waals surface area contributed by atoms with Crippen LogP contribution in [0.1, 0.15) is 232 Å². The van der Waals surface area contributed by atoms with Gasteiger partial charge in [0.05, 0.1) is 26.4 Å². The van der Waals surface area contributed by atoms with Crippen LogP contribution < -0.4 is 0 Å². The first-order valence-electron chi connectivity index (χ1n) is 31.5. The number of esters is 1. The molecule has 11 atom stereocenters. The minimum atomic E-state index is -1.71. The number of ether oxygens (including phenoxy) is 6. The van der Waals surface area contributed by atoms with E-state index in [1.165, 1.54) is 128 Å². The second-order valence-electron chi connectivity index (χ2n) is 21.8. The van der Waals surface area contributed by atoms with Gasteiger partial charge < -0.3 is 64.2 Å². The second kappa shape index (κ2) is 51.1. The van der Waals surface area contributed by atoms with Crippen LogP contribution >= 0.6 is 0 Å². The molecular formula is C65H114O14. The van der Waals surface area contributed by atoms with Crippen molar-refractivity contribution in [2.24, 2.45) is 0 Å².